The van der Waals surface area contributed by atoms with E-state index in [1.807, 2.05) is 78.9 Å². The third kappa shape index (κ3) is 3.78. The first-order chi connectivity index (χ1) is 14.7. The van der Waals surface area contributed by atoms with Gasteiger partial charge in [0.2, 0.25) is 5.60 Å². The lowest BCUT2D eigenvalue weighted by molar-refractivity contribution is -0.119. The Balaban J connectivity index is 1.69. The van der Waals surface area contributed by atoms with Crippen molar-refractivity contribution in [2.45, 2.75) is 5.60 Å². The van der Waals surface area contributed by atoms with E-state index in [0.29, 0.717) is 16.9 Å². The average Bonchev–Trinajstić information content (AvgIpc) is 2.84. The topological polar surface area (TPSA) is 43.4 Å². The van der Waals surface area contributed by atoms with E-state index in [2.05, 4.69) is 0 Å². The molecule has 0 amide bonds. The van der Waals surface area contributed by atoms with Crippen molar-refractivity contribution in [1.29, 1.82) is 0 Å². The number of hydrogen-bond donors (Lipinski definition) is 0. The maximum Gasteiger partial charge on any atom is 0.214 e. The van der Waals surface area contributed by atoms with E-state index in [1.165, 1.54) is 0 Å². The molecule has 0 radical (unpaired) electrons. The predicted molar refractivity (Wildman–Crippen MR) is 117 cm³/mol. The molecule has 0 aliphatic heterocycles. The lowest BCUT2D eigenvalue weighted by atomic mass is 9.87. The second-order valence-electron chi connectivity index (χ2n) is 6.91. The summed E-state index contributed by atoms with van der Waals surface area (Å²) >= 11 is 0. The van der Waals surface area contributed by atoms with Crippen LogP contribution in [-0.2, 0) is 10.4 Å². The minimum atomic E-state index is -1.28. The SMILES string of the molecule is O=CC(Oc1ccc(C(=O)c2ccccc2)cc1)(c1ccccc1)c1ccccc1. The van der Waals surface area contributed by atoms with E-state index in [0.717, 1.165) is 17.4 Å². The van der Waals surface area contributed by atoms with Gasteiger partial charge in [0.1, 0.15) is 5.75 Å². The molecule has 0 bridgehead atoms. The fourth-order valence-corrected chi connectivity index (χ4v) is 3.43. The van der Waals surface area contributed by atoms with Gasteiger partial charge in [-0.1, -0.05) is 91.0 Å². The van der Waals surface area contributed by atoms with Crippen LogP contribution in [0.25, 0.3) is 0 Å². The molecule has 0 unspecified atom stereocenters. The van der Waals surface area contributed by atoms with Crippen LogP contribution in [0.3, 0.4) is 0 Å². The molecule has 0 N–H and O–H groups in total. The zero-order valence-corrected chi connectivity index (χ0v) is 16.3. The predicted octanol–water partition coefficient (Wildman–Crippen LogP) is 5.44. The number of benzene rings is 4. The van der Waals surface area contributed by atoms with E-state index in [9.17, 15) is 9.59 Å². The Labute approximate surface area is 175 Å². The summed E-state index contributed by atoms with van der Waals surface area (Å²) in [6.45, 7) is 0. The van der Waals surface area contributed by atoms with Crippen molar-refractivity contribution in [2.24, 2.45) is 0 Å². The molecule has 3 heteroatoms. The number of ether oxygens (including phenoxy) is 1. The monoisotopic (exact) mass is 392 g/mol. The Morgan fingerprint density at radius 2 is 1.03 bits per heavy atom. The number of aldehydes is 1. The first kappa shape index (κ1) is 19.3. The Kier molecular flexibility index (Phi) is 5.53. The molecule has 4 aromatic carbocycles. The highest BCUT2D eigenvalue weighted by Crippen LogP contribution is 2.33. The maximum atomic E-state index is 12.6. The van der Waals surface area contributed by atoms with E-state index in [4.69, 9.17) is 4.74 Å². The summed E-state index contributed by atoms with van der Waals surface area (Å²) in [4.78, 5) is 25.1. The van der Waals surface area contributed by atoms with Crippen LogP contribution in [0.4, 0.5) is 0 Å². The third-order valence-corrected chi connectivity index (χ3v) is 5.00. The normalized spacial score (nSPS) is 10.9. The molecule has 4 aromatic rings. The van der Waals surface area contributed by atoms with Crippen LogP contribution in [0.5, 0.6) is 5.75 Å². The molecule has 0 aromatic heterocycles. The van der Waals surface area contributed by atoms with Crippen molar-refractivity contribution < 1.29 is 14.3 Å². The lowest BCUT2D eigenvalue weighted by Crippen LogP contribution is -2.36. The van der Waals surface area contributed by atoms with Gasteiger partial charge in [-0.25, -0.2) is 0 Å². The molecule has 0 heterocycles. The molecule has 146 valence electrons. The van der Waals surface area contributed by atoms with Crippen LogP contribution in [-0.4, -0.2) is 12.1 Å². The van der Waals surface area contributed by atoms with Gasteiger partial charge in [0.05, 0.1) is 0 Å². The summed E-state index contributed by atoms with van der Waals surface area (Å²) in [5.41, 5.74) is 1.37. The van der Waals surface area contributed by atoms with Crippen molar-refractivity contribution in [3.05, 3.63) is 138 Å². The Morgan fingerprint density at radius 1 is 0.600 bits per heavy atom. The molecule has 3 nitrogen and oxygen atoms in total. The first-order valence-corrected chi connectivity index (χ1v) is 9.69. The maximum absolute atomic E-state index is 12.6. The van der Waals surface area contributed by atoms with Gasteiger partial charge in [0, 0.05) is 22.3 Å². The van der Waals surface area contributed by atoms with Crippen LogP contribution >= 0.6 is 0 Å². The van der Waals surface area contributed by atoms with Crippen molar-refractivity contribution in [1.82, 2.24) is 0 Å². The fraction of sp³-hybridized carbons (Fsp3) is 0.0370. The molecular weight excluding hydrogens is 372 g/mol. The molecular formula is C27H20O3. The lowest BCUT2D eigenvalue weighted by Gasteiger charge is -2.30. The second-order valence-corrected chi connectivity index (χ2v) is 6.91. The summed E-state index contributed by atoms with van der Waals surface area (Å²) < 4.78 is 6.28. The highest BCUT2D eigenvalue weighted by Gasteiger charge is 2.36. The summed E-state index contributed by atoms with van der Waals surface area (Å²) in [6, 6.07) is 34.8. The minimum Gasteiger partial charge on any atom is -0.470 e. The molecule has 0 saturated carbocycles. The summed E-state index contributed by atoms with van der Waals surface area (Å²) in [7, 11) is 0. The van der Waals surface area contributed by atoms with Gasteiger partial charge in [-0.05, 0) is 24.3 Å². The Hall–Kier alpha value is -3.98. The highest BCUT2D eigenvalue weighted by atomic mass is 16.5. The molecule has 0 spiro atoms. The van der Waals surface area contributed by atoms with Crippen molar-refractivity contribution in [3.8, 4) is 5.75 Å². The molecule has 4 rings (SSSR count). The third-order valence-electron chi connectivity index (χ3n) is 5.00. The number of rotatable bonds is 7. The molecule has 0 aliphatic rings. The van der Waals surface area contributed by atoms with Gasteiger partial charge in [0.15, 0.2) is 12.1 Å². The zero-order valence-electron chi connectivity index (χ0n) is 16.3. The van der Waals surface area contributed by atoms with Crippen molar-refractivity contribution >= 4 is 12.1 Å². The van der Waals surface area contributed by atoms with Crippen LogP contribution in [0.15, 0.2) is 115 Å². The number of carbonyl (C=O) groups excluding carboxylic acids is 2. The molecule has 0 saturated heterocycles. The van der Waals surface area contributed by atoms with Gasteiger partial charge >= 0.3 is 0 Å². The highest BCUT2D eigenvalue weighted by molar-refractivity contribution is 6.09. The van der Waals surface area contributed by atoms with Crippen LogP contribution in [0.1, 0.15) is 27.0 Å². The summed E-state index contributed by atoms with van der Waals surface area (Å²) in [6.07, 6.45) is 0.820. The van der Waals surface area contributed by atoms with E-state index in [-0.39, 0.29) is 5.78 Å². The van der Waals surface area contributed by atoms with Crippen molar-refractivity contribution in [2.75, 3.05) is 0 Å². The van der Waals surface area contributed by atoms with Gasteiger partial charge in [-0.2, -0.15) is 0 Å². The number of carbonyl (C=O) groups is 2. The van der Waals surface area contributed by atoms with Gasteiger partial charge in [-0.3, -0.25) is 9.59 Å². The fourth-order valence-electron chi connectivity index (χ4n) is 3.43. The molecule has 30 heavy (non-hydrogen) atoms. The van der Waals surface area contributed by atoms with E-state index in [1.54, 1.807) is 36.4 Å². The zero-order chi connectivity index (χ0) is 20.8. The molecule has 0 atom stereocenters. The van der Waals surface area contributed by atoms with E-state index >= 15 is 0 Å². The Bertz CT molecular complexity index is 1080. The summed E-state index contributed by atoms with van der Waals surface area (Å²) in [5.74, 6) is 0.439. The number of ketones is 1. The standard InChI is InChI=1S/C27H20O3/c28-20-27(23-12-6-2-7-13-23,24-14-8-3-9-15-24)30-25-18-16-22(17-19-25)26(29)21-10-4-1-5-11-21/h1-20H. The Morgan fingerprint density at radius 3 is 1.50 bits per heavy atom. The first-order valence-electron chi connectivity index (χ1n) is 9.69. The smallest absolute Gasteiger partial charge is 0.214 e. The largest absolute Gasteiger partial charge is 0.470 e. The van der Waals surface area contributed by atoms with Gasteiger partial charge < -0.3 is 4.74 Å². The van der Waals surface area contributed by atoms with Gasteiger partial charge in [-0.15, -0.1) is 0 Å². The summed E-state index contributed by atoms with van der Waals surface area (Å²) in [5, 5.41) is 0. The number of hydrogen-bond acceptors (Lipinski definition) is 3. The van der Waals surface area contributed by atoms with E-state index < -0.39 is 5.60 Å². The minimum absolute atomic E-state index is 0.0603. The van der Waals surface area contributed by atoms with Crippen molar-refractivity contribution in [3.63, 3.8) is 0 Å². The van der Waals surface area contributed by atoms with Gasteiger partial charge in [0.25, 0.3) is 0 Å². The quantitative estimate of drug-likeness (QED) is 0.311. The average molecular weight is 392 g/mol. The van der Waals surface area contributed by atoms with Crippen LogP contribution in [0, 0.1) is 0 Å². The van der Waals surface area contributed by atoms with Crippen LogP contribution < -0.4 is 4.74 Å². The molecule has 0 aliphatic carbocycles. The second kappa shape index (κ2) is 8.58. The van der Waals surface area contributed by atoms with Crippen LogP contribution in [0.2, 0.25) is 0 Å². The molecule has 0 fully saturated rings.